The Morgan fingerprint density at radius 1 is 1.38 bits per heavy atom. The number of nitrogens with one attached hydrogen (secondary N) is 1. The van der Waals surface area contributed by atoms with E-state index >= 15 is 0 Å². The molecule has 0 atom stereocenters. The van der Waals surface area contributed by atoms with Gasteiger partial charge in [0.2, 0.25) is 5.91 Å². The van der Waals surface area contributed by atoms with Crippen LogP contribution in [0.1, 0.15) is 26.7 Å². The third-order valence-electron chi connectivity index (χ3n) is 3.45. The van der Waals surface area contributed by atoms with Crippen LogP contribution < -0.4 is 10.9 Å². The Kier molecular flexibility index (Phi) is 5.12. The minimum atomic E-state index is -0.207. The van der Waals surface area contributed by atoms with E-state index in [-0.39, 0.29) is 24.1 Å². The maximum Gasteiger partial charge on any atom is 0.261 e. The molecule has 0 spiro atoms. The number of rotatable bonds is 5. The van der Waals surface area contributed by atoms with Crippen LogP contribution in [-0.4, -0.2) is 21.5 Å². The molecule has 6 heteroatoms. The van der Waals surface area contributed by atoms with Gasteiger partial charge in [0.25, 0.3) is 5.56 Å². The first-order valence-corrected chi connectivity index (χ1v) is 7.78. The second-order valence-corrected chi connectivity index (χ2v) is 5.84. The molecule has 0 bridgehead atoms. The van der Waals surface area contributed by atoms with Crippen molar-refractivity contribution in [2.45, 2.75) is 39.3 Å². The van der Waals surface area contributed by atoms with Crippen molar-refractivity contribution in [2.75, 3.05) is 0 Å². The first-order chi connectivity index (χ1) is 10.0. The molecule has 2 rings (SSSR count). The maximum absolute atomic E-state index is 12.4. The van der Waals surface area contributed by atoms with E-state index in [1.807, 2.05) is 19.9 Å². The van der Waals surface area contributed by atoms with Gasteiger partial charge in [-0.1, -0.05) is 29.8 Å². The van der Waals surface area contributed by atoms with E-state index in [9.17, 15) is 9.59 Å². The van der Waals surface area contributed by atoms with Crippen molar-refractivity contribution >= 4 is 32.7 Å². The molecule has 1 aromatic heterocycles. The number of halogens is 1. The van der Waals surface area contributed by atoms with Gasteiger partial charge in [0.15, 0.2) is 0 Å². The number of fused-ring (bicyclic) bond motifs is 1. The van der Waals surface area contributed by atoms with Crippen LogP contribution in [0.4, 0.5) is 0 Å². The molecule has 0 saturated carbocycles. The van der Waals surface area contributed by atoms with E-state index in [1.54, 1.807) is 12.1 Å². The maximum atomic E-state index is 12.4. The Labute approximate surface area is 131 Å². The van der Waals surface area contributed by atoms with Gasteiger partial charge in [-0.05, 0) is 31.0 Å². The van der Waals surface area contributed by atoms with Gasteiger partial charge in [0, 0.05) is 10.5 Å². The third-order valence-corrected chi connectivity index (χ3v) is 3.94. The highest BCUT2D eigenvalue weighted by Gasteiger charge is 2.11. The molecule has 21 heavy (non-hydrogen) atoms. The van der Waals surface area contributed by atoms with E-state index in [2.05, 4.69) is 26.2 Å². The Morgan fingerprint density at radius 2 is 2.10 bits per heavy atom. The number of amides is 1. The highest BCUT2D eigenvalue weighted by atomic mass is 79.9. The van der Waals surface area contributed by atoms with E-state index in [4.69, 9.17) is 0 Å². The number of carbonyl (C=O) groups excluding carboxylic acids is 1. The van der Waals surface area contributed by atoms with E-state index in [0.717, 1.165) is 17.3 Å². The van der Waals surface area contributed by atoms with Crippen LogP contribution in [0.5, 0.6) is 0 Å². The lowest BCUT2D eigenvalue weighted by molar-refractivity contribution is -0.122. The van der Waals surface area contributed by atoms with Crippen molar-refractivity contribution in [3.63, 3.8) is 0 Å². The highest BCUT2D eigenvalue weighted by Crippen LogP contribution is 2.14. The predicted molar refractivity (Wildman–Crippen MR) is 86.2 cm³/mol. The summed E-state index contributed by atoms with van der Waals surface area (Å²) < 4.78 is 2.15. The molecular formula is C15H18BrN3O2. The Morgan fingerprint density at radius 3 is 2.76 bits per heavy atom. The second-order valence-electron chi connectivity index (χ2n) is 4.92. The van der Waals surface area contributed by atoms with Gasteiger partial charge in [0.05, 0.1) is 17.2 Å². The number of benzene rings is 1. The quantitative estimate of drug-likeness (QED) is 0.899. The summed E-state index contributed by atoms with van der Waals surface area (Å²) >= 11 is 3.34. The molecule has 1 heterocycles. The zero-order valence-corrected chi connectivity index (χ0v) is 13.7. The lowest BCUT2D eigenvalue weighted by Gasteiger charge is -2.15. The zero-order chi connectivity index (χ0) is 15.4. The first kappa shape index (κ1) is 15.7. The van der Waals surface area contributed by atoms with Crippen molar-refractivity contribution in [3.05, 3.63) is 39.4 Å². The van der Waals surface area contributed by atoms with Gasteiger partial charge in [0.1, 0.15) is 6.54 Å². The summed E-state index contributed by atoms with van der Waals surface area (Å²) in [6.45, 7) is 4.04. The molecule has 1 aromatic carbocycles. The Bertz CT molecular complexity index is 708. The Hall–Kier alpha value is -1.69. The van der Waals surface area contributed by atoms with Gasteiger partial charge >= 0.3 is 0 Å². The summed E-state index contributed by atoms with van der Waals surface area (Å²) in [6, 6.07) is 5.48. The minimum absolute atomic E-state index is 0.00914. The molecule has 0 fully saturated rings. The van der Waals surface area contributed by atoms with Gasteiger partial charge in [-0.15, -0.1) is 0 Å². The Balaban J connectivity index is 2.25. The molecular weight excluding hydrogens is 334 g/mol. The van der Waals surface area contributed by atoms with Crippen LogP contribution in [0.25, 0.3) is 10.9 Å². The number of carbonyl (C=O) groups is 1. The molecule has 112 valence electrons. The molecule has 1 N–H and O–H groups in total. The summed E-state index contributed by atoms with van der Waals surface area (Å²) in [6.07, 6.45) is 3.17. The second kappa shape index (κ2) is 6.85. The fraction of sp³-hybridized carbons (Fsp3) is 0.400. The van der Waals surface area contributed by atoms with Crippen LogP contribution in [0.15, 0.2) is 33.8 Å². The summed E-state index contributed by atoms with van der Waals surface area (Å²) in [5.41, 5.74) is 0.417. The molecule has 0 aliphatic rings. The smallest absolute Gasteiger partial charge is 0.261 e. The van der Waals surface area contributed by atoms with E-state index < -0.39 is 0 Å². The van der Waals surface area contributed by atoms with Gasteiger partial charge < -0.3 is 5.32 Å². The van der Waals surface area contributed by atoms with Crippen molar-refractivity contribution in [3.8, 4) is 0 Å². The molecule has 0 aliphatic carbocycles. The molecule has 2 aromatic rings. The third kappa shape index (κ3) is 3.69. The monoisotopic (exact) mass is 351 g/mol. The lowest BCUT2D eigenvalue weighted by atomic mass is 10.2. The number of hydrogen-bond acceptors (Lipinski definition) is 3. The fourth-order valence-electron chi connectivity index (χ4n) is 2.16. The topological polar surface area (TPSA) is 64.0 Å². The molecule has 0 saturated heterocycles. The largest absolute Gasteiger partial charge is 0.352 e. The predicted octanol–water partition coefficient (Wildman–Crippen LogP) is 2.46. The van der Waals surface area contributed by atoms with Gasteiger partial charge in [-0.25, -0.2) is 4.98 Å². The van der Waals surface area contributed by atoms with Gasteiger partial charge in [-0.2, -0.15) is 0 Å². The van der Waals surface area contributed by atoms with E-state index in [0.29, 0.717) is 10.9 Å². The van der Waals surface area contributed by atoms with Crippen LogP contribution in [-0.2, 0) is 11.3 Å². The van der Waals surface area contributed by atoms with Crippen molar-refractivity contribution in [1.82, 2.24) is 14.9 Å². The molecule has 0 aliphatic heterocycles. The summed E-state index contributed by atoms with van der Waals surface area (Å²) in [5.74, 6) is -0.165. The normalized spacial score (nSPS) is 11.0. The zero-order valence-electron chi connectivity index (χ0n) is 12.1. The minimum Gasteiger partial charge on any atom is -0.352 e. The molecule has 5 nitrogen and oxygen atoms in total. The summed E-state index contributed by atoms with van der Waals surface area (Å²) in [5, 5.41) is 3.42. The van der Waals surface area contributed by atoms with Crippen LogP contribution >= 0.6 is 15.9 Å². The number of nitrogens with zero attached hydrogens (tertiary/aromatic N) is 2. The average molecular weight is 352 g/mol. The van der Waals surface area contributed by atoms with Gasteiger partial charge in [-0.3, -0.25) is 14.2 Å². The summed E-state index contributed by atoms with van der Waals surface area (Å²) in [4.78, 5) is 28.6. The highest BCUT2D eigenvalue weighted by molar-refractivity contribution is 9.10. The van der Waals surface area contributed by atoms with Crippen LogP contribution in [0, 0.1) is 0 Å². The van der Waals surface area contributed by atoms with E-state index in [1.165, 1.54) is 10.9 Å². The first-order valence-electron chi connectivity index (χ1n) is 6.99. The van der Waals surface area contributed by atoms with Crippen molar-refractivity contribution < 1.29 is 4.79 Å². The molecule has 1 amide bonds. The number of aromatic nitrogens is 2. The lowest BCUT2D eigenvalue weighted by Crippen LogP contribution is -2.38. The van der Waals surface area contributed by atoms with Crippen molar-refractivity contribution in [2.24, 2.45) is 0 Å². The molecule has 0 radical (unpaired) electrons. The fourth-order valence-corrected chi connectivity index (χ4v) is 2.53. The van der Waals surface area contributed by atoms with Crippen LogP contribution in [0.3, 0.4) is 0 Å². The van der Waals surface area contributed by atoms with Crippen molar-refractivity contribution in [1.29, 1.82) is 0 Å². The van der Waals surface area contributed by atoms with Crippen LogP contribution in [0.2, 0.25) is 0 Å². The SMILES string of the molecule is CCC(CC)NC(=O)Cn1cnc2ccc(Br)cc2c1=O. The number of hydrogen-bond donors (Lipinski definition) is 1. The molecule has 0 unspecified atom stereocenters. The average Bonchev–Trinajstić information content (AvgIpc) is 2.48. The standard InChI is InChI=1S/C15H18BrN3O2/c1-3-11(4-2)18-14(20)8-19-9-17-13-6-5-10(16)7-12(13)15(19)21/h5-7,9,11H,3-4,8H2,1-2H3,(H,18,20). The summed E-state index contributed by atoms with van der Waals surface area (Å²) in [7, 11) is 0.